The predicted octanol–water partition coefficient (Wildman–Crippen LogP) is 3.00. The van der Waals surface area contributed by atoms with Gasteiger partial charge >= 0.3 is 0 Å². The predicted molar refractivity (Wildman–Crippen MR) is 244 cm³/mol. The van der Waals surface area contributed by atoms with Gasteiger partial charge in [-0.25, -0.2) is 13.4 Å². The Bertz CT molecular complexity index is 2820. The molecule has 8 rings (SSSR count). The molecule has 0 spiro atoms. The molecule has 5 aromatic rings. The molecule has 5 heterocycles. The molecule has 2 saturated heterocycles. The Labute approximate surface area is 389 Å². The first-order chi connectivity index (χ1) is 32.2. The van der Waals surface area contributed by atoms with Gasteiger partial charge in [0.25, 0.3) is 29.5 Å². The van der Waals surface area contributed by atoms with Gasteiger partial charge in [-0.1, -0.05) is 42.5 Å². The summed E-state index contributed by atoms with van der Waals surface area (Å²) >= 11 is 1.22. The zero-order valence-electron chi connectivity index (χ0n) is 36.2. The Morgan fingerprint density at radius 3 is 2.37 bits per heavy atom. The van der Waals surface area contributed by atoms with E-state index in [2.05, 4.69) is 25.8 Å². The van der Waals surface area contributed by atoms with Crippen LogP contribution in [0, 0.1) is 0 Å². The van der Waals surface area contributed by atoms with Gasteiger partial charge in [0.2, 0.25) is 21.8 Å². The van der Waals surface area contributed by atoms with E-state index in [4.69, 9.17) is 9.47 Å². The molecule has 348 valence electrons. The van der Waals surface area contributed by atoms with Crippen LogP contribution in [0.5, 0.6) is 5.75 Å². The minimum Gasteiger partial charge on any atom is -0.494 e. The summed E-state index contributed by atoms with van der Waals surface area (Å²) in [6, 6.07) is 20.1. The number of anilines is 1. The fraction of sp³-hybridized carbons (Fsp3) is 0.304. The summed E-state index contributed by atoms with van der Waals surface area (Å²) in [7, 11) is -3.63. The lowest BCUT2D eigenvalue weighted by molar-refractivity contribution is -0.136. The molecule has 2 atom stereocenters. The summed E-state index contributed by atoms with van der Waals surface area (Å²) in [6.07, 6.45) is 4.19. The number of piperidine rings is 1. The van der Waals surface area contributed by atoms with Crippen LogP contribution < -0.4 is 20.7 Å². The lowest BCUT2D eigenvalue weighted by Gasteiger charge is -2.34. The third kappa shape index (κ3) is 11.0. The normalized spacial score (nSPS) is 16.9. The number of piperazine rings is 1. The van der Waals surface area contributed by atoms with Crippen molar-refractivity contribution in [1.82, 2.24) is 34.3 Å². The summed E-state index contributed by atoms with van der Waals surface area (Å²) in [5.41, 5.74) is 3.14. The van der Waals surface area contributed by atoms with Gasteiger partial charge in [-0.05, 0) is 54.8 Å². The van der Waals surface area contributed by atoms with Gasteiger partial charge < -0.3 is 25.0 Å². The van der Waals surface area contributed by atoms with Crippen LogP contribution in [0.2, 0.25) is 0 Å². The molecule has 0 radical (unpaired) electrons. The van der Waals surface area contributed by atoms with Crippen LogP contribution in [-0.2, 0) is 35.8 Å². The Morgan fingerprint density at radius 1 is 0.910 bits per heavy atom. The second-order valence-electron chi connectivity index (χ2n) is 16.1. The maximum atomic E-state index is 13.5. The number of amides is 7. The van der Waals surface area contributed by atoms with Gasteiger partial charge in [0.1, 0.15) is 17.8 Å². The number of imide groups is 2. The van der Waals surface area contributed by atoms with Crippen molar-refractivity contribution in [3.05, 3.63) is 124 Å². The highest BCUT2D eigenvalue weighted by atomic mass is 32.2. The first-order valence-corrected chi connectivity index (χ1v) is 24.1. The number of fused-ring (bicyclic) bond motifs is 1. The topological polar surface area (TPSA) is 236 Å². The maximum Gasteiger partial charge on any atom is 0.262 e. The van der Waals surface area contributed by atoms with Gasteiger partial charge in [-0.2, -0.15) is 0 Å². The summed E-state index contributed by atoms with van der Waals surface area (Å²) in [5.74, 6) is -3.24. The third-order valence-corrected chi connectivity index (χ3v) is 13.2. The summed E-state index contributed by atoms with van der Waals surface area (Å²) < 4.78 is 36.7. The molecule has 21 heteroatoms. The summed E-state index contributed by atoms with van der Waals surface area (Å²) in [5, 5.41) is 9.70. The standard InChI is InChI=1S/C46H46N8O11S2/c1-67(62,63)53-18-16-32(25-53)40(56)47-36(41(57)50-46-48-37(28-66-46)30-6-3-2-4-7-30)27-64-26-29-8-10-31(11-9-29)43(59)52-21-19-51(20-22-52)17-5-23-65-33-12-13-34-35(24-33)45(61)54(44(34)60)38-14-15-39(55)49-42(38)58/h2-4,6-13,16,18,24-25,28,36,38H,5,14-15,17,19-23,26-27H2,1H3,(H,47,56)(H,48,50,57)(H,49,55,58)/t36-,38?/m0/s1. The number of hydrogen-bond donors (Lipinski definition) is 3. The number of hydrogen-bond acceptors (Lipinski definition) is 14. The molecule has 3 N–H and O–H groups in total. The summed E-state index contributed by atoms with van der Waals surface area (Å²) in [6.45, 7) is 3.26. The summed E-state index contributed by atoms with van der Waals surface area (Å²) in [4.78, 5) is 99.7. The van der Waals surface area contributed by atoms with E-state index < -0.39 is 57.6 Å². The number of ether oxygens (including phenoxy) is 2. The Morgan fingerprint density at radius 2 is 1.66 bits per heavy atom. The Hall–Kier alpha value is -7.07. The smallest absolute Gasteiger partial charge is 0.262 e. The van der Waals surface area contributed by atoms with Crippen molar-refractivity contribution in [2.45, 2.75) is 38.0 Å². The third-order valence-electron chi connectivity index (χ3n) is 11.5. The molecule has 0 bridgehead atoms. The monoisotopic (exact) mass is 950 g/mol. The van der Waals surface area contributed by atoms with E-state index in [0.29, 0.717) is 67.9 Å². The van der Waals surface area contributed by atoms with Gasteiger partial charge in [0, 0.05) is 68.0 Å². The highest BCUT2D eigenvalue weighted by Crippen LogP contribution is 2.30. The number of benzene rings is 3. The SMILES string of the molecule is CS(=O)(=O)n1ccc(C(=O)N[C@@H](COCc2ccc(C(=O)N3CCN(CCCOc4ccc5c(c4)C(=O)N(C4CCC(=O)NC4=O)C5=O)CC3)cc2)C(=O)Nc2nc(-c3ccccc3)cs2)c1. The quantitative estimate of drug-likeness (QED) is 0.0900. The number of aromatic nitrogens is 2. The molecular weight excluding hydrogens is 905 g/mol. The average molecular weight is 951 g/mol. The average Bonchev–Trinajstić information content (AvgIpc) is 4.07. The molecule has 2 fully saturated rings. The van der Waals surface area contributed by atoms with Crippen molar-refractivity contribution in [2.24, 2.45) is 0 Å². The van der Waals surface area contributed by atoms with Crippen LogP contribution in [-0.4, -0.2) is 138 Å². The van der Waals surface area contributed by atoms with Crippen molar-refractivity contribution >= 4 is 67.8 Å². The molecule has 0 aliphatic carbocycles. The molecule has 1 unspecified atom stereocenters. The van der Waals surface area contributed by atoms with E-state index in [1.807, 2.05) is 30.3 Å². The number of carbonyl (C=O) groups excluding carboxylic acids is 7. The van der Waals surface area contributed by atoms with Crippen molar-refractivity contribution < 1.29 is 51.5 Å². The number of rotatable bonds is 17. The van der Waals surface area contributed by atoms with Gasteiger partial charge in [-0.3, -0.25) is 52.7 Å². The van der Waals surface area contributed by atoms with E-state index in [1.54, 1.807) is 40.6 Å². The van der Waals surface area contributed by atoms with Crippen LogP contribution >= 0.6 is 11.3 Å². The fourth-order valence-electron chi connectivity index (χ4n) is 7.82. The molecular formula is C46H46N8O11S2. The van der Waals surface area contributed by atoms with Gasteiger partial charge in [0.15, 0.2) is 5.13 Å². The fourth-order valence-corrected chi connectivity index (χ4v) is 9.13. The maximum absolute atomic E-state index is 13.5. The molecule has 3 aliphatic rings. The molecule has 3 aromatic carbocycles. The van der Waals surface area contributed by atoms with Crippen LogP contribution in [0.25, 0.3) is 11.3 Å². The molecule has 67 heavy (non-hydrogen) atoms. The lowest BCUT2D eigenvalue weighted by Crippen LogP contribution is -2.54. The highest BCUT2D eigenvalue weighted by molar-refractivity contribution is 7.89. The van der Waals surface area contributed by atoms with E-state index in [0.717, 1.165) is 32.5 Å². The largest absolute Gasteiger partial charge is 0.494 e. The van der Waals surface area contributed by atoms with E-state index in [-0.39, 0.29) is 48.7 Å². The molecule has 19 nitrogen and oxygen atoms in total. The lowest BCUT2D eigenvalue weighted by atomic mass is 10.0. The molecule has 2 aromatic heterocycles. The number of nitrogens with one attached hydrogen (secondary N) is 3. The van der Waals surface area contributed by atoms with Crippen molar-refractivity contribution in [3.8, 4) is 17.0 Å². The van der Waals surface area contributed by atoms with Crippen LogP contribution in [0.4, 0.5) is 5.13 Å². The van der Waals surface area contributed by atoms with Gasteiger partial charge in [0.05, 0.1) is 48.5 Å². The van der Waals surface area contributed by atoms with E-state index >= 15 is 0 Å². The first kappa shape index (κ1) is 46.5. The van der Waals surface area contributed by atoms with Crippen LogP contribution in [0.1, 0.15) is 66.3 Å². The van der Waals surface area contributed by atoms with Crippen molar-refractivity contribution in [3.63, 3.8) is 0 Å². The molecule has 0 saturated carbocycles. The number of carbonyl (C=O) groups is 7. The first-order valence-electron chi connectivity index (χ1n) is 21.4. The number of nitrogens with zero attached hydrogens (tertiary/aromatic N) is 5. The highest BCUT2D eigenvalue weighted by Gasteiger charge is 2.44. The number of thiazole rings is 1. The second kappa shape index (κ2) is 20.2. The van der Waals surface area contributed by atoms with Crippen LogP contribution in [0.3, 0.4) is 0 Å². The van der Waals surface area contributed by atoms with Crippen molar-refractivity contribution in [1.29, 1.82) is 0 Å². The van der Waals surface area contributed by atoms with Gasteiger partial charge in [-0.15, -0.1) is 11.3 Å². The molecule has 7 amide bonds. The van der Waals surface area contributed by atoms with E-state index in [9.17, 15) is 42.0 Å². The minimum atomic E-state index is -3.63. The minimum absolute atomic E-state index is 0.0352. The van der Waals surface area contributed by atoms with Crippen LogP contribution in [0.15, 0.2) is 96.6 Å². The van der Waals surface area contributed by atoms with E-state index in [1.165, 1.54) is 35.7 Å². The Balaban J connectivity index is 0.785. The second-order valence-corrected chi connectivity index (χ2v) is 18.9. The van der Waals surface area contributed by atoms with Crippen molar-refractivity contribution in [2.75, 3.05) is 57.5 Å². The molecule has 3 aliphatic heterocycles. The zero-order chi connectivity index (χ0) is 47.2. The zero-order valence-corrected chi connectivity index (χ0v) is 37.8. The Kier molecular flexibility index (Phi) is 14.0.